The summed E-state index contributed by atoms with van der Waals surface area (Å²) < 4.78 is 34.0. The van der Waals surface area contributed by atoms with Crippen LogP contribution in [0.25, 0.3) is 21.0 Å². The Morgan fingerprint density at radius 3 is 2.45 bits per heavy atom. The van der Waals surface area contributed by atoms with E-state index in [0.29, 0.717) is 42.6 Å². The summed E-state index contributed by atoms with van der Waals surface area (Å²) in [5.41, 5.74) is 1.36. The van der Waals surface area contributed by atoms with E-state index in [1.165, 1.54) is 27.8 Å². The van der Waals surface area contributed by atoms with Crippen LogP contribution in [0, 0.1) is 0 Å². The smallest absolute Gasteiger partial charge is 0.291 e. The van der Waals surface area contributed by atoms with Gasteiger partial charge in [0.15, 0.2) is 16.5 Å². The third-order valence-electron chi connectivity index (χ3n) is 5.55. The molecule has 2 aromatic heterocycles. The Bertz CT molecular complexity index is 1370. The number of anilines is 1. The molecule has 0 bridgehead atoms. The molecule has 8 nitrogen and oxygen atoms in total. The Morgan fingerprint density at radius 2 is 1.73 bits per heavy atom. The number of benzene rings is 2. The molecular weight excluding hydrogens is 460 g/mol. The second-order valence-electron chi connectivity index (χ2n) is 7.84. The lowest BCUT2D eigenvalue weighted by Gasteiger charge is -2.31. The fraction of sp³-hybridized carbons (Fsp3) is 0.217. The van der Waals surface area contributed by atoms with Crippen LogP contribution in [0.3, 0.4) is 0 Å². The van der Waals surface area contributed by atoms with Gasteiger partial charge in [0, 0.05) is 31.9 Å². The summed E-state index contributed by atoms with van der Waals surface area (Å²) in [4.78, 5) is 19.5. The number of rotatable bonds is 5. The molecule has 4 aromatic rings. The highest BCUT2D eigenvalue weighted by molar-refractivity contribution is 7.89. The van der Waals surface area contributed by atoms with Crippen molar-refractivity contribution < 1.29 is 17.6 Å². The number of thiazole rings is 1. The van der Waals surface area contributed by atoms with Crippen LogP contribution in [-0.4, -0.2) is 61.7 Å². The number of carbonyl (C=O) groups excluding carboxylic acids is 1. The molecule has 0 atom stereocenters. The molecule has 1 saturated heterocycles. The molecule has 170 valence electrons. The number of nitrogens with zero attached hydrogens (tertiary/aromatic N) is 3. The summed E-state index contributed by atoms with van der Waals surface area (Å²) in [6.07, 6.45) is 0. The largest absolute Gasteiger partial charge is 0.448 e. The molecule has 1 N–H and O–H groups in total. The van der Waals surface area contributed by atoms with E-state index in [1.54, 1.807) is 24.3 Å². The molecule has 1 aliphatic rings. The summed E-state index contributed by atoms with van der Waals surface area (Å²) in [6.45, 7) is 2.34. The number of amides is 1. The molecule has 33 heavy (non-hydrogen) atoms. The van der Waals surface area contributed by atoms with E-state index in [0.717, 1.165) is 10.2 Å². The van der Waals surface area contributed by atoms with Crippen LogP contribution in [-0.2, 0) is 10.0 Å². The summed E-state index contributed by atoms with van der Waals surface area (Å²) in [6, 6.07) is 17.3. The van der Waals surface area contributed by atoms with E-state index in [2.05, 4.69) is 15.2 Å². The number of hydrogen-bond donors (Lipinski definition) is 1. The molecule has 0 radical (unpaired) electrons. The van der Waals surface area contributed by atoms with E-state index >= 15 is 0 Å². The lowest BCUT2D eigenvalue weighted by atomic mass is 10.3. The van der Waals surface area contributed by atoms with Crippen LogP contribution in [0.15, 0.2) is 70.0 Å². The molecule has 1 aliphatic heterocycles. The fourth-order valence-corrected chi connectivity index (χ4v) is 5.98. The fourth-order valence-electron chi connectivity index (χ4n) is 3.63. The molecule has 1 fully saturated rings. The van der Waals surface area contributed by atoms with Crippen molar-refractivity contribution in [2.75, 3.05) is 38.5 Å². The summed E-state index contributed by atoms with van der Waals surface area (Å²) in [5.74, 6) is 0.255. The minimum atomic E-state index is -3.55. The molecule has 1 amide bonds. The lowest BCUT2D eigenvalue weighted by Crippen LogP contribution is -2.46. The number of carbonyl (C=O) groups is 1. The standard InChI is InChI=1S/C23H22N4O4S2/c1-26-12-14-27(15-13-26)33(29,30)17-8-6-16(7-9-17)24-22(28)19-10-11-20(31-19)23-25-18-4-2-3-5-21(18)32-23/h2-11H,12-15H2,1H3,(H,24,28). The van der Waals surface area contributed by atoms with E-state index in [4.69, 9.17) is 4.42 Å². The molecular formula is C23H22N4O4S2. The quantitative estimate of drug-likeness (QED) is 0.466. The molecule has 5 rings (SSSR count). The normalized spacial score (nSPS) is 15.7. The average molecular weight is 483 g/mol. The first-order valence-electron chi connectivity index (χ1n) is 10.5. The van der Waals surface area contributed by atoms with Gasteiger partial charge in [-0.3, -0.25) is 4.79 Å². The minimum Gasteiger partial charge on any atom is -0.448 e. The van der Waals surface area contributed by atoms with Gasteiger partial charge in [0.05, 0.1) is 15.1 Å². The highest BCUT2D eigenvalue weighted by atomic mass is 32.2. The maximum atomic E-state index is 12.9. The second-order valence-corrected chi connectivity index (χ2v) is 10.8. The van der Waals surface area contributed by atoms with Crippen LogP contribution in [0.4, 0.5) is 5.69 Å². The Labute approximate surface area is 195 Å². The predicted molar refractivity (Wildman–Crippen MR) is 128 cm³/mol. The second kappa shape index (κ2) is 8.71. The number of fused-ring (bicyclic) bond motifs is 1. The number of piperazine rings is 1. The first kappa shape index (κ1) is 21.8. The van der Waals surface area contributed by atoms with Gasteiger partial charge in [-0.25, -0.2) is 13.4 Å². The van der Waals surface area contributed by atoms with E-state index in [1.807, 2.05) is 31.3 Å². The molecule has 0 spiro atoms. The third kappa shape index (κ3) is 4.42. The number of likely N-dealkylation sites (N-methyl/N-ethyl adjacent to an activating group) is 1. The SMILES string of the molecule is CN1CCN(S(=O)(=O)c2ccc(NC(=O)c3ccc(-c4nc5ccccc5s4)o3)cc2)CC1. The zero-order chi connectivity index (χ0) is 23.0. The highest BCUT2D eigenvalue weighted by Crippen LogP contribution is 2.31. The molecule has 0 saturated carbocycles. The number of furan rings is 1. The summed E-state index contributed by atoms with van der Waals surface area (Å²) in [7, 11) is -1.58. The van der Waals surface area contributed by atoms with Gasteiger partial charge >= 0.3 is 0 Å². The van der Waals surface area contributed by atoms with Gasteiger partial charge in [-0.1, -0.05) is 12.1 Å². The lowest BCUT2D eigenvalue weighted by molar-refractivity contribution is 0.0997. The van der Waals surface area contributed by atoms with Crippen LogP contribution in [0.5, 0.6) is 0 Å². The number of hydrogen-bond acceptors (Lipinski definition) is 7. The molecule has 0 unspecified atom stereocenters. The molecule has 10 heteroatoms. The van der Waals surface area contributed by atoms with Gasteiger partial charge in [0.25, 0.3) is 5.91 Å². The van der Waals surface area contributed by atoms with Crippen molar-refractivity contribution >= 4 is 43.2 Å². The Balaban J connectivity index is 1.27. The van der Waals surface area contributed by atoms with Crippen LogP contribution < -0.4 is 5.32 Å². The molecule has 0 aliphatic carbocycles. The van der Waals surface area contributed by atoms with Gasteiger partial charge in [0.2, 0.25) is 10.0 Å². The highest BCUT2D eigenvalue weighted by Gasteiger charge is 2.27. The van der Waals surface area contributed by atoms with Gasteiger partial charge in [-0.15, -0.1) is 11.3 Å². The van der Waals surface area contributed by atoms with E-state index in [9.17, 15) is 13.2 Å². The van der Waals surface area contributed by atoms with Crippen LogP contribution in [0.1, 0.15) is 10.6 Å². The van der Waals surface area contributed by atoms with E-state index < -0.39 is 15.9 Å². The Morgan fingerprint density at radius 1 is 1.00 bits per heavy atom. The topological polar surface area (TPSA) is 95.8 Å². The number of aromatic nitrogens is 1. The number of sulfonamides is 1. The van der Waals surface area contributed by atoms with Gasteiger partial charge in [-0.2, -0.15) is 4.31 Å². The van der Waals surface area contributed by atoms with Crippen molar-refractivity contribution in [3.63, 3.8) is 0 Å². The van der Waals surface area contributed by atoms with Crippen molar-refractivity contribution in [1.29, 1.82) is 0 Å². The van der Waals surface area contributed by atoms with E-state index in [-0.39, 0.29) is 10.7 Å². The first-order valence-corrected chi connectivity index (χ1v) is 12.7. The van der Waals surface area contributed by atoms with Crippen molar-refractivity contribution in [2.45, 2.75) is 4.90 Å². The monoisotopic (exact) mass is 482 g/mol. The van der Waals surface area contributed by atoms with Crippen LogP contribution >= 0.6 is 11.3 Å². The maximum absolute atomic E-state index is 12.9. The van der Waals surface area contributed by atoms with Crippen molar-refractivity contribution in [3.8, 4) is 10.8 Å². The van der Waals surface area contributed by atoms with Crippen molar-refractivity contribution in [3.05, 3.63) is 66.4 Å². The summed E-state index contributed by atoms with van der Waals surface area (Å²) >= 11 is 1.49. The maximum Gasteiger partial charge on any atom is 0.291 e. The van der Waals surface area contributed by atoms with Crippen molar-refractivity contribution in [1.82, 2.24) is 14.2 Å². The Kier molecular flexibility index (Phi) is 5.75. The number of para-hydroxylation sites is 1. The van der Waals surface area contributed by atoms with Crippen LogP contribution in [0.2, 0.25) is 0 Å². The van der Waals surface area contributed by atoms with Gasteiger partial charge in [0.1, 0.15) is 0 Å². The first-order chi connectivity index (χ1) is 15.9. The zero-order valence-electron chi connectivity index (χ0n) is 17.9. The summed E-state index contributed by atoms with van der Waals surface area (Å²) in [5, 5.41) is 3.45. The number of nitrogens with one attached hydrogen (secondary N) is 1. The third-order valence-corrected chi connectivity index (χ3v) is 8.51. The Hall–Kier alpha value is -3.05. The predicted octanol–water partition coefficient (Wildman–Crippen LogP) is 3.74. The minimum absolute atomic E-state index is 0.151. The average Bonchev–Trinajstić information content (AvgIpc) is 3.47. The zero-order valence-corrected chi connectivity index (χ0v) is 19.5. The van der Waals surface area contributed by atoms with Crippen molar-refractivity contribution in [2.24, 2.45) is 0 Å². The van der Waals surface area contributed by atoms with Gasteiger partial charge in [-0.05, 0) is 55.6 Å². The van der Waals surface area contributed by atoms with Gasteiger partial charge < -0.3 is 14.6 Å². The molecule has 3 heterocycles. The molecule has 2 aromatic carbocycles.